The Bertz CT molecular complexity index is 3500. The lowest BCUT2D eigenvalue weighted by molar-refractivity contribution is -0.145. The van der Waals surface area contributed by atoms with Crippen LogP contribution >= 0.6 is 0 Å². The number of ketones is 3. The predicted molar refractivity (Wildman–Crippen MR) is 344 cm³/mol. The van der Waals surface area contributed by atoms with Crippen LogP contribution in [-0.2, 0) is 77.0 Å². The molecule has 0 aliphatic carbocycles. The number of carboxylic acids is 1. The molecule has 552 valence electrons. The second kappa shape index (κ2) is 36.7. The number of halogens is 12. The molecule has 0 bridgehead atoms. The van der Waals surface area contributed by atoms with Gasteiger partial charge in [-0.25, -0.2) is 19.9 Å². The molecule has 20 nitrogen and oxygen atoms in total. The first-order valence-electron chi connectivity index (χ1n) is 33.0. The highest BCUT2D eigenvalue weighted by Gasteiger charge is 2.40. The number of hydrogen-bond acceptors (Lipinski definition) is 17. The Morgan fingerprint density at radius 1 is 0.455 bits per heavy atom. The van der Waals surface area contributed by atoms with Crippen molar-refractivity contribution >= 4 is 66.8 Å². The Balaban J connectivity index is 0.000000286. The molecule has 2 atom stereocenters. The summed E-state index contributed by atoms with van der Waals surface area (Å²) in [5.74, 6) is -3.87. The van der Waals surface area contributed by atoms with Gasteiger partial charge in [-0.1, -0.05) is 24.3 Å². The van der Waals surface area contributed by atoms with Crippen molar-refractivity contribution in [3.05, 3.63) is 94.6 Å². The minimum Gasteiger partial charge on any atom is -0.481 e. The van der Waals surface area contributed by atoms with Crippen LogP contribution in [0.4, 0.5) is 76.0 Å². The van der Waals surface area contributed by atoms with E-state index in [2.05, 4.69) is 19.9 Å². The first-order valence-corrected chi connectivity index (χ1v) is 36.2. The fourth-order valence-corrected chi connectivity index (χ4v) is 13.3. The standard InChI is InChI=1S/C33H42F6N4O5S.C30H36F6N4O3.C2H7NO3S/c34-32(35,36)26-13-11-23(12-14-26)6-2-10-28(45)25-7-3-17-43(22-25)30-21-29(40-31(41-30)33(37,38)39)42-18-15-24(16-19-42)5-1-8-27(44)9-4-20-49(46,47)48;31-29(32,33)23-11-9-20(10-12-23)4-1-7-24(41)22-6-3-15-40(19-22)26-18-25(37-28(38-26)30(34,35)36)39-16-13-21(14-17-39)5-2-8-27(42)43;3-1-2-7(4,5)6/h11-14,21,24-25H,1-10,15-20,22H2,(H,46,47,48);9-12,18,21-22H,1-8,13-17,19H2,(H,42,43);1-3H2,(H,4,5,6)/t25-;22-;/m11./s1. The summed E-state index contributed by atoms with van der Waals surface area (Å²) in [5, 5.41) is 8.85. The van der Waals surface area contributed by atoms with E-state index in [-0.39, 0.29) is 110 Å². The fraction of sp³-hybridized carbons (Fsp3) is 0.631. The summed E-state index contributed by atoms with van der Waals surface area (Å²) in [5.41, 5.74) is 4.69. The van der Waals surface area contributed by atoms with Crippen molar-refractivity contribution < 1.29 is 103 Å². The van der Waals surface area contributed by atoms with Gasteiger partial charge in [-0.05, 0) is 156 Å². The molecule has 99 heavy (non-hydrogen) atoms. The number of alkyl halides is 12. The zero-order valence-electron chi connectivity index (χ0n) is 54.5. The molecule has 0 saturated carbocycles. The summed E-state index contributed by atoms with van der Waals surface area (Å²) >= 11 is 0. The Labute approximate surface area is 567 Å². The van der Waals surface area contributed by atoms with Gasteiger partial charge in [0.15, 0.2) is 0 Å². The fourth-order valence-electron chi connectivity index (χ4n) is 12.5. The molecule has 34 heteroatoms. The maximum Gasteiger partial charge on any atom is 0.451 e. The van der Waals surface area contributed by atoms with E-state index in [0.717, 1.165) is 49.9 Å². The van der Waals surface area contributed by atoms with Crippen molar-refractivity contribution in [3.8, 4) is 0 Å². The zero-order valence-corrected chi connectivity index (χ0v) is 56.2. The van der Waals surface area contributed by atoms with Crippen molar-refractivity contribution in [3.63, 3.8) is 0 Å². The van der Waals surface area contributed by atoms with Crippen molar-refractivity contribution in [1.29, 1.82) is 0 Å². The van der Waals surface area contributed by atoms with Crippen molar-refractivity contribution in [2.75, 3.05) is 90.0 Å². The van der Waals surface area contributed by atoms with Crippen LogP contribution < -0.4 is 25.3 Å². The monoisotopic (exact) mass is 1460 g/mol. The lowest BCUT2D eigenvalue weighted by atomic mass is 9.90. The molecule has 0 unspecified atom stereocenters. The molecular weight excluding hydrogens is 1370 g/mol. The Kier molecular flexibility index (Phi) is 30.1. The summed E-state index contributed by atoms with van der Waals surface area (Å²) < 4.78 is 218. The number of carboxylic acid groups (broad SMARTS) is 1. The van der Waals surface area contributed by atoms with Crippen molar-refractivity contribution in [1.82, 2.24) is 19.9 Å². The number of benzene rings is 2. The molecule has 6 heterocycles. The number of rotatable bonds is 28. The number of carbonyl (C=O) groups is 4. The second-order valence-corrected chi connectivity index (χ2v) is 28.6. The third kappa shape index (κ3) is 28.3. The van der Waals surface area contributed by atoms with Crippen LogP contribution in [0.25, 0.3) is 0 Å². The van der Waals surface area contributed by atoms with E-state index in [1.807, 2.05) is 4.90 Å². The maximum absolute atomic E-state index is 13.9. The van der Waals surface area contributed by atoms with E-state index < -0.39 is 85.4 Å². The van der Waals surface area contributed by atoms with Crippen LogP contribution in [-0.4, -0.2) is 145 Å². The van der Waals surface area contributed by atoms with Gasteiger partial charge in [-0.15, -0.1) is 0 Å². The van der Waals surface area contributed by atoms with Crippen LogP contribution in [0.2, 0.25) is 0 Å². The van der Waals surface area contributed by atoms with Crippen LogP contribution in [0.3, 0.4) is 0 Å². The maximum atomic E-state index is 13.9. The van der Waals surface area contributed by atoms with Crippen LogP contribution in [0, 0.1) is 23.7 Å². The van der Waals surface area contributed by atoms with Gasteiger partial charge in [0.2, 0.25) is 11.6 Å². The lowest BCUT2D eigenvalue weighted by Gasteiger charge is -2.35. The summed E-state index contributed by atoms with van der Waals surface area (Å²) in [7, 11) is -7.89. The van der Waals surface area contributed by atoms with Gasteiger partial charge in [-0.3, -0.25) is 28.3 Å². The van der Waals surface area contributed by atoms with Crippen molar-refractivity contribution in [2.45, 2.75) is 166 Å². The predicted octanol–water partition coefficient (Wildman–Crippen LogP) is 12.6. The molecule has 0 amide bonds. The molecule has 5 N–H and O–H groups in total. The highest BCUT2D eigenvalue weighted by molar-refractivity contribution is 7.86. The van der Waals surface area contributed by atoms with Crippen LogP contribution in [0.15, 0.2) is 60.7 Å². The highest BCUT2D eigenvalue weighted by Crippen LogP contribution is 2.38. The topological polar surface area (TPSA) is 288 Å². The summed E-state index contributed by atoms with van der Waals surface area (Å²) in [6.07, 6.45) is -7.64. The van der Waals surface area contributed by atoms with E-state index in [1.54, 1.807) is 20.8 Å². The average molecular weight is 1460 g/mol. The SMILES string of the molecule is NCCS(=O)(=O)O.O=C(CCCC1CCN(c2cc(N3CCC[C@@H](C(=O)CCCc4ccc(C(F)(F)F)cc4)C3)nc(C(F)(F)F)n2)CC1)CCCS(=O)(=O)O.O=C(O)CCCC1CCN(c2cc(N3CCC[C@@H](C(=O)CCCc4ccc(C(F)(F)F)cc4)C3)nc(C(F)(F)F)n2)CC1. The van der Waals surface area contributed by atoms with E-state index >= 15 is 0 Å². The first-order chi connectivity index (χ1) is 46.3. The zero-order chi connectivity index (χ0) is 72.9. The average Bonchev–Trinajstić information content (AvgIpc) is 0.793. The van der Waals surface area contributed by atoms with E-state index in [4.69, 9.17) is 19.9 Å². The molecule has 4 aromatic rings. The molecule has 0 spiro atoms. The molecule has 2 aromatic carbocycles. The highest BCUT2D eigenvalue weighted by atomic mass is 32.2. The molecule has 4 aliphatic rings. The molecule has 8 rings (SSSR count). The van der Waals surface area contributed by atoms with E-state index in [0.29, 0.717) is 140 Å². The molecule has 4 fully saturated rings. The minimum absolute atomic E-state index is 0.0214. The summed E-state index contributed by atoms with van der Waals surface area (Å²) in [6, 6.07) is 12.8. The second-order valence-electron chi connectivity index (χ2n) is 25.5. The number of aliphatic carboxylic acids is 1. The van der Waals surface area contributed by atoms with Gasteiger partial charge in [0.25, 0.3) is 20.2 Å². The lowest BCUT2D eigenvalue weighted by Crippen LogP contribution is -2.40. The number of Topliss-reactive ketones (excluding diaryl/α,β-unsaturated/α-hetero) is 3. The number of aryl methyl sites for hydroxylation is 2. The molecule has 4 aliphatic heterocycles. The van der Waals surface area contributed by atoms with Gasteiger partial charge in [0.1, 0.15) is 40.6 Å². The number of carbonyl (C=O) groups excluding carboxylic acids is 3. The van der Waals surface area contributed by atoms with Crippen LogP contribution in [0.1, 0.15) is 162 Å². The number of piperidine rings is 4. The van der Waals surface area contributed by atoms with Crippen molar-refractivity contribution in [2.24, 2.45) is 29.4 Å². The van der Waals surface area contributed by atoms with E-state index in [1.165, 1.54) is 30.3 Å². The largest absolute Gasteiger partial charge is 0.481 e. The number of nitrogens with two attached hydrogens (primary N) is 1. The Hall–Kier alpha value is -6.78. The molecular formula is C65H85F12N9O11S2. The Morgan fingerprint density at radius 3 is 1.13 bits per heavy atom. The Morgan fingerprint density at radius 2 is 0.808 bits per heavy atom. The quantitative estimate of drug-likeness (QED) is 0.0303. The van der Waals surface area contributed by atoms with Gasteiger partial charge in [0, 0.05) is 115 Å². The minimum atomic E-state index is -4.78. The third-order valence-electron chi connectivity index (χ3n) is 17.8. The van der Waals surface area contributed by atoms with Gasteiger partial charge in [-0.2, -0.15) is 69.5 Å². The molecule has 0 radical (unpaired) electrons. The number of aromatic nitrogens is 4. The van der Waals surface area contributed by atoms with Gasteiger partial charge in [0.05, 0.1) is 22.6 Å². The first kappa shape index (κ1) is 81.2. The number of hydrogen-bond donors (Lipinski definition) is 4. The normalized spacial score (nSPS) is 17.9. The smallest absolute Gasteiger partial charge is 0.451 e. The summed E-state index contributed by atoms with van der Waals surface area (Å²) in [6.45, 7) is 3.26. The van der Waals surface area contributed by atoms with Gasteiger partial charge >= 0.3 is 30.7 Å². The number of anilines is 4. The summed E-state index contributed by atoms with van der Waals surface area (Å²) in [4.78, 5) is 71.3. The molecule has 2 aromatic heterocycles. The van der Waals surface area contributed by atoms with E-state index in [9.17, 15) is 88.7 Å². The molecule has 4 saturated heterocycles. The van der Waals surface area contributed by atoms with Gasteiger partial charge < -0.3 is 30.4 Å². The third-order valence-corrected chi connectivity index (χ3v) is 19.4. The van der Waals surface area contributed by atoms with Crippen LogP contribution in [0.5, 0.6) is 0 Å². The number of nitrogens with zero attached hydrogens (tertiary/aromatic N) is 8.